The van der Waals surface area contributed by atoms with Gasteiger partial charge >= 0.3 is 0 Å². The molecule has 0 saturated heterocycles. The van der Waals surface area contributed by atoms with Crippen LogP contribution in [0, 0.1) is 5.82 Å². The van der Waals surface area contributed by atoms with Gasteiger partial charge in [-0.2, -0.15) is 21.5 Å². The van der Waals surface area contributed by atoms with Crippen molar-refractivity contribution in [3.8, 4) is 11.6 Å². The van der Waals surface area contributed by atoms with Gasteiger partial charge in [-0.25, -0.2) is 4.39 Å². The van der Waals surface area contributed by atoms with Crippen LogP contribution in [-0.2, 0) is 12.2 Å². The molecule has 0 aliphatic carbocycles. The molecule has 1 aromatic carbocycles. The van der Waals surface area contributed by atoms with Crippen LogP contribution in [0.4, 0.5) is 4.39 Å². The fraction of sp³-hybridized carbons (Fsp3) is 0.250. The third-order valence-electron chi connectivity index (χ3n) is 2.91. The molecule has 0 radical (unpaired) electrons. The van der Waals surface area contributed by atoms with E-state index in [-0.39, 0.29) is 11.6 Å². The largest absolute Gasteiger partial charge is 0.493 e. The molecule has 0 saturated carbocycles. The third-order valence-corrected chi connectivity index (χ3v) is 4.13. The molecule has 1 N–H and O–H groups in total. The summed E-state index contributed by atoms with van der Waals surface area (Å²) < 4.78 is 15.1. The van der Waals surface area contributed by atoms with Crippen molar-refractivity contribution in [1.82, 2.24) is 9.78 Å². The van der Waals surface area contributed by atoms with Crippen LogP contribution in [0.15, 0.2) is 18.2 Å². The van der Waals surface area contributed by atoms with E-state index in [4.69, 9.17) is 11.6 Å². The van der Waals surface area contributed by atoms with Crippen LogP contribution in [0.3, 0.4) is 0 Å². The Morgan fingerprint density at radius 2 is 2.28 bits per heavy atom. The number of hydrogen-bond acceptors (Lipinski definition) is 3. The molecule has 0 bridgehead atoms. The maximum absolute atomic E-state index is 13.8. The molecule has 94 valence electrons. The Kier molecular flexibility index (Phi) is 2.95. The first kappa shape index (κ1) is 11.9. The minimum atomic E-state index is -0.495. The number of aromatic hydroxyl groups is 1. The summed E-state index contributed by atoms with van der Waals surface area (Å²) in [5.41, 5.74) is 1.87. The SMILES string of the molecule is Oc1c2c(nn1-c1ccc(Cl)cc1F)CCSC2. The molecule has 3 nitrogen and oxygen atoms in total. The average Bonchev–Trinajstić information content (AvgIpc) is 2.68. The highest BCUT2D eigenvalue weighted by molar-refractivity contribution is 7.98. The Balaban J connectivity index is 2.14. The number of rotatable bonds is 1. The predicted molar refractivity (Wildman–Crippen MR) is 70.1 cm³/mol. The molecule has 1 aliphatic heterocycles. The first-order valence-corrected chi connectivity index (χ1v) is 7.03. The van der Waals surface area contributed by atoms with Crippen LogP contribution in [0.25, 0.3) is 5.69 Å². The van der Waals surface area contributed by atoms with Crippen LogP contribution >= 0.6 is 23.4 Å². The topological polar surface area (TPSA) is 38.1 Å². The molecule has 0 fully saturated rings. The second-order valence-corrected chi connectivity index (χ2v) is 5.60. The van der Waals surface area contributed by atoms with Gasteiger partial charge in [0.15, 0.2) is 0 Å². The summed E-state index contributed by atoms with van der Waals surface area (Å²) in [6.07, 6.45) is 0.801. The molecule has 3 rings (SSSR count). The fourth-order valence-corrected chi connectivity index (χ4v) is 3.14. The Morgan fingerprint density at radius 1 is 1.44 bits per heavy atom. The Bertz CT molecular complexity index is 614. The van der Waals surface area contributed by atoms with Gasteiger partial charge in [0.25, 0.3) is 0 Å². The standard InChI is InChI=1S/C12H10ClFN2OS/c13-7-1-2-11(9(14)5-7)16-12(17)8-6-18-4-3-10(8)15-16/h1-2,5,17H,3-4,6H2. The number of nitrogens with zero attached hydrogens (tertiary/aromatic N) is 2. The van der Waals surface area contributed by atoms with E-state index in [1.807, 2.05) is 0 Å². The van der Waals surface area contributed by atoms with Crippen LogP contribution in [-0.4, -0.2) is 20.6 Å². The van der Waals surface area contributed by atoms with Crippen LogP contribution in [0.5, 0.6) is 5.88 Å². The maximum Gasteiger partial charge on any atom is 0.218 e. The number of thioether (sulfide) groups is 1. The summed E-state index contributed by atoms with van der Waals surface area (Å²) in [5.74, 6) is 1.23. The van der Waals surface area contributed by atoms with Crippen molar-refractivity contribution >= 4 is 23.4 Å². The lowest BCUT2D eigenvalue weighted by atomic mass is 10.2. The zero-order chi connectivity index (χ0) is 12.7. The molecule has 1 aromatic heterocycles. The van der Waals surface area contributed by atoms with Crippen molar-refractivity contribution in [2.24, 2.45) is 0 Å². The highest BCUT2D eigenvalue weighted by atomic mass is 35.5. The maximum atomic E-state index is 13.8. The summed E-state index contributed by atoms with van der Waals surface area (Å²) in [4.78, 5) is 0. The second-order valence-electron chi connectivity index (χ2n) is 4.06. The number of aryl methyl sites for hydroxylation is 1. The molecule has 0 atom stereocenters. The second kappa shape index (κ2) is 4.48. The average molecular weight is 285 g/mol. The van der Waals surface area contributed by atoms with Gasteiger partial charge in [0, 0.05) is 22.8 Å². The van der Waals surface area contributed by atoms with E-state index in [0.29, 0.717) is 5.02 Å². The van der Waals surface area contributed by atoms with Crippen molar-refractivity contribution in [2.75, 3.05) is 5.75 Å². The first-order chi connectivity index (χ1) is 8.66. The molecule has 0 amide bonds. The minimum absolute atomic E-state index is 0.0263. The number of aromatic nitrogens is 2. The van der Waals surface area contributed by atoms with Crippen LogP contribution in [0.1, 0.15) is 11.3 Å². The minimum Gasteiger partial charge on any atom is -0.493 e. The summed E-state index contributed by atoms with van der Waals surface area (Å²) in [7, 11) is 0. The predicted octanol–water partition coefficient (Wildman–Crippen LogP) is 3.16. The number of fused-ring (bicyclic) bond motifs is 1. The van der Waals surface area contributed by atoms with Gasteiger partial charge in [0.2, 0.25) is 5.88 Å². The molecular formula is C12H10ClFN2OS. The summed E-state index contributed by atoms with van der Waals surface area (Å²) in [6.45, 7) is 0. The van der Waals surface area contributed by atoms with Crippen molar-refractivity contribution < 1.29 is 9.50 Å². The zero-order valence-electron chi connectivity index (χ0n) is 9.36. The fourth-order valence-electron chi connectivity index (χ4n) is 2.00. The summed E-state index contributed by atoms with van der Waals surface area (Å²) in [6, 6.07) is 4.31. The normalized spacial score (nSPS) is 14.6. The highest BCUT2D eigenvalue weighted by Crippen LogP contribution is 2.33. The van der Waals surface area contributed by atoms with E-state index >= 15 is 0 Å². The van der Waals surface area contributed by atoms with Crippen molar-refractivity contribution in [2.45, 2.75) is 12.2 Å². The number of halogens is 2. The van der Waals surface area contributed by atoms with E-state index in [0.717, 1.165) is 29.2 Å². The van der Waals surface area contributed by atoms with E-state index in [1.165, 1.54) is 16.8 Å². The van der Waals surface area contributed by atoms with E-state index in [9.17, 15) is 9.50 Å². The lowest BCUT2D eigenvalue weighted by Crippen LogP contribution is -2.01. The van der Waals surface area contributed by atoms with E-state index in [1.54, 1.807) is 17.8 Å². The molecule has 18 heavy (non-hydrogen) atoms. The molecule has 6 heteroatoms. The van der Waals surface area contributed by atoms with Gasteiger partial charge in [0.1, 0.15) is 11.5 Å². The Hall–Kier alpha value is -1.20. The Morgan fingerprint density at radius 3 is 3.00 bits per heavy atom. The van der Waals surface area contributed by atoms with E-state index in [2.05, 4.69) is 5.10 Å². The van der Waals surface area contributed by atoms with Gasteiger partial charge in [-0.3, -0.25) is 0 Å². The summed E-state index contributed by atoms with van der Waals surface area (Å²) >= 11 is 7.45. The Labute approximate surface area is 113 Å². The molecule has 2 aromatic rings. The lowest BCUT2D eigenvalue weighted by molar-refractivity contribution is 0.426. The van der Waals surface area contributed by atoms with E-state index < -0.39 is 5.82 Å². The van der Waals surface area contributed by atoms with Crippen molar-refractivity contribution in [3.05, 3.63) is 40.3 Å². The third kappa shape index (κ3) is 1.87. The van der Waals surface area contributed by atoms with Gasteiger partial charge in [0.05, 0.1) is 5.69 Å². The zero-order valence-corrected chi connectivity index (χ0v) is 10.9. The smallest absolute Gasteiger partial charge is 0.218 e. The van der Waals surface area contributed by atoms with Gasteiger partial charge in [-0.05, 0) is 24.0 Å². The van der Waals surface area contributed by atoms with Gasteiger partial charge < -0.3 is 5.11 Å². The molecule has 2 heterocycles. The summed E-state index contributed by atoms with van der Waals surface area (Å²) in [5, 5.41) is 14.7. The first-order valence-electron chi connectivity index (χ1n) is 5.49. The quantitative estimate of drug-likeness (QED) is 0.874. The van der Waals surface area contributed by atoms with Crippen LogP contribution < -0.4 is 0 Å². The monoisotopic (exact) mass is 284 g/mol. The molecule has 0 spiro atoms. The van der Waals surface area contributed by atoms with Crippen molar-refractivity contribution in [3.63, 3.8) is 0 Å². The van der Waals surface area contributed by atoms with Crippen molar-refractivity contribution in [1.29, 1.82) is 0 Å². The lowest BCUT2D eigenvalue weighted by Gasteiger charge is -2.07. The van der Waals surface area contributed by atoms with Gasteiger partial charge in [-0.1, -0.05) is 11.6 Å². The van der Waals surface area contributed by atoms with Crippen LogP contribution in [0.2, 0.25) is 5.02 Å². The number of hydrogen-bond donors (Lipinski definition) is 1. The highest BCUT2D eigenvalue weighted by Gasteiger charge is 2.22. The molecule has 0 unspecified atom stereocenters. The number of benzene rings is 1. The molecule has 1 aliphatic rings. The van der Waals surface area contributed by atoms with Gasteiger partial charge in [-0.15, -0.1) is 0 Å². The molecular weight excluding hydrogens is 275 g/mol.